The van der Waals surface area contributed by atoms with Crippen LogP contribution in [0.2, 0.25) is 0 Å². The van der Waals surface area contributed by atoms with Crippen LogP contribution in [-0.4, -0.2) is 96.7 Å². The average Bonchev–Trinajstić information content (AvgIpc) is 1.96. The number of carbonyl (C=O) groups is 4. The molecule has 546 valence electrons. The van der Waals surface area contributed by atoms with Crippen LogP contribution in [0.4, 0.5) is 0 Å². The highest BCUT2D eigenvalue weighted by Crippen LogP contribution is 2.45. The van der Waals surface area contributed by atoms with E-state index in [0.717, 1.165) is 102 Å². The molecule has 0 radical (unpaired) electrons. The molecule has 0 fully saturated rings. The van der Waals surface area contributed by atoms with Crippen molar-refractivity contribution in [2.75, 3.05) is 39.6 Å². The molecule has 3 unspecified atom stereocenters. The predicted octanol–water partition coefficient (Wildman–Crippen LogP) is 21.3. The number of unbranched alkanes of at least 4 members (excludes halogenated alkanes) is 44. The zero-order chi connectivity index (χ0) is 67.7. The van der Waals surface area contributed by atoms with Crippen molar-refractivity contribution in [2.24, 2.45) is 5.92 Å². The van der Waals surface area contributed by atoms with E-state index in [2.05, 4.69) is 34.6 Å². The van der Waals surface area contributed by atoms with Gasteiger partial charge < -0.3 is 33.8 Å². The van der Waals surface area contributed by atoms with E-state index in [0.29, 0.717) is 25.7 Å². The SMILES string of the molecule is CCCCCCCCCCCCCCCCCCCCCC(=O)O[C@H](COC(=O)CCCCCCCCCCCCCCCCCC)COP(=O)(O)OC[C@@H](O)COP(=O)(O)OC[C@@H](COC(=O)CCCCCCC)OC(=O)CCCCCCCCCCC(C)CC. The zero-order valence-electron chi connectivity index (χ0n) is 59.7. The van der Waals surface area contributed by atoms with Crippen LogP contribution in [0.1, 0.15) is 381 Å². The van der Waals surface area contributed by atoms with Crippen LogP contribution in [0.3, 0.4) is 0 Å². The van der Waals surface area contributed by atoms with Crippen molar-refractivity contribution in [1.29, 1.82) is 0 Å². The number of carbonyl (C=O) groups excluding carboxylic acids is 4. The van der Waals surface area contributed by atoms with Crippen LogP contribution < -0.4 is 0 Å². The fourth-order valence-electron chi connectivity index (χ4n) is 11.1. The number of hydrogen-bond donors (Lipinski definition) is 3. The lowest BCUT2D eigenvalue weighted by Crippen LogP contribution is -2.30. The molecule has 6 atom stereocenters. The van der Waals surface area contributed by atoms with Gasteiger partial charge in [0.05, 0.1) is 26.4 Å². The lowest BCUT2D eigenvalue weighted by Gasteiger charge is -2.21. The van der Waals surface area contributed by atoms with Gasteiger partial charge in [0.25, 0.3) is 0 Å². The monoisotopic (exact) mass is 1350 g/mol. The second kappa shape index (κ2) is 66.3. The molecule has 0 heterocycles. The standard InChI is InChI=1S/C73H142O17P2/c1-6-10-13-16-18-20-22-24-26-28-29-30-32-34-36-38-43-48-53-58-72(77)90-69(63-84-71(76)57-52-47-42-37-35-33-31-27-25-23-21-19-17-14-11-7-2)65-88-92(81,82)86-61-67(74)60-85-91(79,80)87-64-68(62-83-70(75)56-51-45-15-12-8-3)89-73(78)59-54-49-44-40-39-41-46-50-55-66(5)9-4/h66-69,74H,6-65H2,1-5H3,(H,79,80)(H,81,82)/t66?,67-,68+,69+/m0/s1. The molecule has 0 aromatic rings. The molecular formula is C73H142O17P2. The lowest BCUT2D eigenvalue weighted by atomic mass is 9.99. The Balaban J connectivity index is 5.14. The van der Waals surface area contributed by atoms with Gasteiger partial charge in [0.15, 0.2) is 12.2 Å². The van der Waals surface area contributed by atoms with Crippen molar-refractivity contribution < 1.29 is 80.2 Å². The molecule has 0 aromatic carbocycles. The minimum atomic E-state index is -4.95. The van der Waals surface area contributed by atoms with Gasteiger partial charge in [0.1, 0.15) is 19.3 Å². The molecule has 0 rings (SSSR count). The van der Waals surface area contributed by atoms with Crippen molar-refractivity contribution >= 4 is 39.5 Å². The summed E-state index contributed by atoms with van der Waals surface area (Å²) in [5.74, 6) is -1.36. The van der Waals surface area contributed by atoms with E-state index < -0.39 is 97.5 Å². The third-order valence-corrected chi connectivity index (χ3v) is 19.3. The summed E-state index contributed by atoms with van der Waals surface area (Å²) in [5, 5.41) is 10.6. The van der Waals surface area contributed by atoms with Crippen molar-refractivity contribution in [3.63, 3.8) is 0 Å². The first-order valence-electron chi connectivity index (χ1n) is 38.2. The molecule has 0 aliphatic rings. The maximum Gasteiger partial charge on any atom is 0.472 e. The van der Waals surface area contributed by atoms with Crippen LogP contribution in [0.25, 0.3) is 0 Å². The Hall–Kier alpha value is -1.94. The highest BCUT2D eigenvalue weighted by molar-refractivity contribution is 7.47. The van der Waals surface area contributed by atoms with Gasteiger partial charge in [-0.25, -0.2) is 9.13 Å². The minimum Gasteiger partial charge on any atom is -0.462 e. The molecule has 0 aliphatic heterocycles. The summed E-state index contributed by atoms with van der Waals surface area (Å²) in [6, 6.07) is 0. The Kier molecular flexibility index (Phi) is 64.9. The fourth-order valence-corrected chi connectivity index (χ4v) is 12.7. The number of hydrogen-bond acceptors (Lipinski definition) is 15. The lowest BCUT2D eigenvalue weighted by molar-refractivity contribution is -0.161. The van der Waals surface area contributed by atoms with E-state index in [-0.39, 0.29) is 25.7 Å². The minimum absolute atomic E-state index is 0.104. The van der Waals surface area contributed by atoms with E-state index in [1.54, 1.807) is 0 Å². The van der Waals surface area contributed by atoms with Crippen LogP contribution >= 0.6 is 15.6 Å². The quantitative estimate of drug-likeness (QED) is 0.0222. The van der Waals surface area contributed by atoms with Crippen molar-refractivity contribution in [3.8, 4) is 0 Å². The zero-order valence-corrected chi connectivity index (χ0v) is 61.5. The molecule has 0 saturated carbocycles. The van der Waals surface area contributed by atoms with Crippen molar-refractivity contribution in [2.45, 2.75) is 400 Å². The average molecular weight is 1350 g/mol. The second-order valence-corrected chi connectivity index (χ2v) is 29.5. The summed E-state index contributed by atoms with van der Waals surface area (Å²) >= 11 is 0. The number of aliphatic hydroxyl groups excluding tert-OH is 1. The van der Waals surface area contributed by atoms with Crippen molar-refractivity contribution in [3.05, 3.63) is 0 Å². The molecule has 0 bridgehead atoms. The molecular weight excluding hydrogens is 1210 g/mol. The van der Waals surface area contributed by atoms with Gasteiger partial charge in [-0.15, -0.1) is 0 Å². The summed E-state index contributed by atoms with van der Waals surface area (Å²) in [7, 11) is -9.89. The first-order chi connectivity index (χ1) is 44.6. The number of rotatable bonds is 73. The van der Waals surface area contributed by atoms with E-state index in [1.165, 1.54) is 199 Å². The van der Waals surface area contributed by atoms with E-state index in [4.69, 9.17) is 37.0 Å². The summed E-state index contributed by atoms with van der Waals surface area (Å²) in [6.07, 6.45) is 54.5. The van der Waals surface area contributed by atoms with Gasteiger partial charge in [-0.2, -0.15) is 0 Å². The highest BCUT2D eigenvalue weighted by atomic mass is 31.2. The summed E-state index contributed by atoms with van der Waals surface area (Å²) in [4.78, 5) is 72.4. The Bertz CT molecular complexity index is 1770. The van der Waals surface area contributed by atoms with Gasteiger partial charge in [-0.05, 0) is 31.6 Å². The number of esters is 4. The molecule has 3 N–H and O–H groups in total. The Morgan fingerprint density at radius 3 is 0.772 bits per heavy atom. The van der Waals surface area contributed by atoms with Gasteiger partial charge in [-0.1, -0.05) is 330 Å². The van der Waals surface area contributed by atoms with E-state index in [9.17, 15) is 43.2 Å². The van der Waals surface area contributed by atoms with E-state index >= 15 is 0 Å². The molecule has 0 aliphatic carbocycles. The van der Waals surface area contributed by atoms with Gasteiger partial charge in [0.2, 0.25) is 0 Å². The predicted molar refractivity (Wildman–Crippen MR) is 372 cm³/mol. The summed E-state index contributed by atoms with van der Waals surface area (Å²) in [5.41, 5.74) is 0. The third-order valence-electron chi connectivity index (χ3n) is 17.4. The maximum atomic E-state index is 13.1. The Labute approximate surface area is 562 Å². The first-order valence-corrected chi connectivity index (χ1v) is 41.2. The van der Waals surface area contributed by atoms with Crippen LogP contribution in [0.15, 0.2) is 0 Å². The molecule has 0 aromatic heterocycles. The molecule has 0 spiro atoms. The third kappa shape index (κ3) is 65.4. The van der Waals surface area contributed by atoms with Crippen LogP contribution in [0.5, 0.6) is 0 Å². The maximum absolute atomic E-state index is 13.1. The Morgan fingerprint density at radius 1 is 0.304 bits per heavy atom. The van der Waals surface area contributed by atoms with Gasteiger partial charge in [0, 0.05) is 25.7 Å². The smallest absolute Gasteiger partial charge is 0.462 e. The fraction of sp³-hybridized carbons (Fsp3) is 0.945. The topological polar surface area (TPSA) is 237 Å². The summed E-state index contributed by atoms with van der Waals surface area (Å²) in [6.45, 7) is 7.18. The van der Waals surface area contributed by atoms with Crippen molar-refractivity contribution in [1.82, 2.24) is 0 Å². The second-order valence-electron chi connectivity index (χ2n) is 26.6. The normalized spacial score (nSPS) is 14.3. The Morgan fingerprint density at radius 2 is 0.522 bits per heavy atom. The van der Waals surface area contributed by atoms with Crippen LogP contribution in [-0.2, 0) is 65.4 Å². The highest BCUT2D eigenvalue weighted by Gasteiger charge is 2.30. The van der Waals surface area contributed by atoms with Gasteiger partial charge >= 0.3 is 39.5 Å². The first kappa shape index (κ1) is 90.1. The number of aliphatic hydroxyl groups is 1. The molecule has 19 heteroatoms. The molecule has 0 amide bonds. The summed E-state index contributed by atoms with van der Waals surface area (Å²) < 4.78 is 68.2. The number of ether oxygens (including phenoxy) is 4. The largest absolute Gasteiger partial charge is 0.472 e. The van der Waals surface area contributed by atoms with Gasteiger partial charge in [-0.3, -0.25) is 37.3 Å². The number of phosphoric ester groups is 2. The molecule has 92 heavy (non-hydrogen) atoms. The molecule has 17 nitrogen and oxygen atoms in total. The molecule has 0 saturated heterocycles. The van der Waals surface area contributed by atoms with Crippen LogP contribution in [0, 0.1) is 5.92 Å². The van der Waals surface area contributed by atoms with E-state index in [1.807, 2.05) is 0 Å². The number of phosphoric acid groups is 2.